The quantitative estimate of drug-likeness (QED) is 0.181. The van der Waals surface area contributed by atoms with Crippen LogP contribution in [0, 0.1) is 0 Å². The van der Waals surface area contributed by atoms with Crippen LogP contribution < -0.4 is 0 Å². The molecule has 8 aromatic carbocycles. The lowest BCUT2D eigenvalue weighted by Gasteiger charge is -2.11. The first-order chi connectivity index (χ1) is 28.3. The normalized spacial score (nSPS) is 12.2. The van der Waals surface area contributed by atoms with Crippen LogP contribution in [0.3, 0.4) is 0 Å². The smallest absolute Gasteiger partial charge is 0.164 e. The average molecular weight is 727 g/mol. The van der Waals surface area contributed by atoms with Crippen LogP contribution in [0.25, 0.3) is 116 Å². The van der Waals surface area contributed by atoms with Gasteiger partial charge in [0.05, 0.1) is 44.1 Å². The van der Waals surface area contributed by atoms with Crippen LogP contribution in [0.2, 0.25) is 0 Å². The summed E-state index contributed by atoms with van der Waals surface area (Å²) in [4.78, 5) is 15.1. The zero-order chi connectivity index (χ0) is 37.2. The Morgan fingerprint density at radius 3 is 1.47 bits per heavy atom. The van der Waals surface area contributed by atoms with Crippen molar-refractivity contribution in [3.05, 3.63) is 182 Å². The Kier molecular flexibility index (Phi) is 6.07. The molecule has 0 aliphatic heterocycles. The molecule has 0 fully saturated rings. The van der Waals surface area contributed by atoms with Crippen LogP contribution >= 0.6 is 0 Å². The molecular formula is C51H30N6. The Hall–Kier alpha value is -7.83. The van der Waals surface area contributed by atoms with E-state index in [1.54, 1.807) is 0 Å². The summed E-state index contributed by atoms with van der Waals surface area (Å²) in [5, 5.41) is 7.44. The third kappa shape index (κ3) is 4.16. The topological polar surface area (TPSA) is 52.4 Å². The Labute approximate surface area is 325 Å². The number of aromatic nitrogens is 6. The lowest BCUT2D eigenvalue weighted by molar-refractivity contribution is 1.07. The molecule has 0 spiro atoms. The van der Waals surface area contributed by atoms with E-state index in [2.05, 4.69) is 135 Å². The predicted molar refractivity (Wildman–Crippen MR) is 234 cm³/mol. The van der Waals surface area contributed by atoms with Crippen LogP contribution in [0.5, 0.6) is 0 Å². The van der Waals surface area contributed by atoms with Crippen LogP contribution in [0.4, 0.5) is 0 Å². The minimum atomic E-state index is 0.628. The molecule has 0 saturated heterocycles. The molecule has 0 radical (unpaired) electrons. The molecule has 0 unspecified atom stereocenters. The first kappa shape index (κ1) is 30.5. The van der Waals surface area contributed by atoms with Gasteiger partial charge in [0.2, 0.25) is 0 Å². The van der Waals surface area contributed by atoms with E-state index in [4.69, 9.17) is 15.0 Å². The lowest BCUT2D eigenvalue weighted by Crippen LogP contribution is -2.01. The molecule has 0 atom stereocenters. The summed E-state index contributed by atoms with van der Waals surface area (Å²) in [5.74, 6) is 1.91. The van der Waals surface area contributed by atoms with Crippen molar-refractivity contribution in [3.8, 4) is 39.9 Å². The predicted octanol–water partition coefficient (Wildman–Crippen LogP) is 12.5. The van der Waals surface area contributed by atoms with E-state index in [0.29, 0.717) is 17.5 Å². The maximum Gasteiger partial charge on any atom is 0.164 e. The van der Waals surface area contributed by atoms with Crippen molar-refractivity contribution in [1.82, 2.24) is 28.3 Å². The van der Waals surface area contributed by atoms with Gasteiger partial charge in [0.15, 0.2) is 17.5 Å². The molecule has 0 saturated carbocycles. The van der Waals surface area contributed by atoms with E-state index in [-0.39, 0.29) is 0 Å². The second-order valence-electron chi connectivity index (χ2n) is 14.8. The number of hydrogen-bond acceptors (Lipinski definition) is 3. The number of benzene rings is 8. The van der Waals surface area contributed by atoms with E-state index < -0.39 is 0 Å². The van der Waals surface area contributed by atoms with Gasteiger partial charge < -0.3 is 13.4 Å². The monoisotopic (exact) mass is 726 g/mol. The highest BCUT2D eigenvalue weighted by atomic mass is 15.0. The highest BCUT2D eigenvalue weighted by Crippen LogP contribution is 2.45. The highest BCUT2D eigenvalue weighted by Gasteiger charge is 2.24. The Morgan fingerprint density at radius 2 is 0.772 bits per heavy atom. The van der Waals surface area contributed by atoms with Gasteiger partial charge in [-0.1, -0.05) is 133 Å². The van der Waals surface area contributed by atoms with Crippen molar-refractivity contribution < 1.29 is 0 Å². The van der Waals surface area contributed by atoms with Gasteiger partial charge in [0, 0.05) is 54.7 Å². The fourth-order valence-electron chi connectivity index (χ4n) is 9.45. The molecule has 13 rings (SSSR count). The molecule has 0 aliphatic rings. The minimum absolute atomic E-state index is 0.628. The van der Waals surface area contributed by atoms with Crippen LogP contribution in [0.1, 0.15) is 0 Å². The minimum Gasteiger partial charge on any atom is -0.309 e. The largest absolute Gasteiger partial charge is 0.309 e. The first-order valence-corrected chi connectivity index (χ1v) is 19.3. The maximum atomic E-state index is 5.09. The van der Waals surface area contributed by atoms with Crippen molar-refractivity contribution >= 4 is 76.5 Å². The van der Waals surface area contributed by atoms with Gasteiger partial charge in [-0.3, -0.25) is 0 Å². The Bertz CT molecular complexity index is 3680. The van der Waals surface area contributed by atoms with Crippen molar-refractivity contribution in [1.29, 1.82) is 0 Å². The first-order valence-electron chi connectivity index (χ1n) is 19.3. The molecule has 0 bridgehead atoms. The summed E-state index contributed by atoms with van der Waals surface area (Å²) in [6.07, 6.45) is 0. The number of fused-ring (bicyclic) bond motifs is 8. The summed E-state index contributed by atoms with van der Waals surface area (Å²) in [7, 11) is 0. The fourth-order valence-corrected chi connectivity index (χ4v) is 9.45. The molecule has 5 heterocycles. The molecule has 57 heavy (non-hydrogen) atoms. The van der Waals surface area contributed by atoms with Crippen LogP contribution in [-0.4, -0.2) is 28.3 Å². The van der Waals surface area contributed by atoms with Crippen molar-refractivity contribution in [3.63, 3.8) is 0 Å². The van der Waals surface area contributed by atoms with Crippen molar-refractivity contribution in [2.75, 3.05) is 0 Å². The molecule has 13 aromatic rings. The van der Waals surface area contributed by atoms with Gasteiger partial charge in [0.25, 0.3) is 0 Å². The van der Waals surface area contributed by atoms with Gasteiger partial charge in [-0.05, 0) is 48.5 Å². The summed E-state index contributed by atoms with van der Waals surface area (Å²) >= 11 is 0. The van der Waals surface area contributed by atoms with Gasteiger partial charge in [0.1, 0.15) is 0 Å². The molecule has 0 N–H and O–H groups in total. The van der Waals surface area contributed by atoms with Gasteiger partial charge in [-0.2, -0.15) is 0 Å². The van der Waals surface area contributed by atoms with Crippen molar-refractivity contribution in [2.24, 2.45) is 0 Å². The summed E-state index contributed by atoms with van der Waals surface area (Å²) in [5.41, 5.74) is 13.3. The number of para-hydroxylation sites is 3. The summed E-state index contributed by atoms with van der Waals surface area (Å²) in [6.45, 7) is 0. The summed E-state index contributed by atoms with van der Waals surface area (Å²) in [6, 6.07) is 64.8. The molecule has 264 valence electrons. The average Bonchev–Trinajstić information content (AvgIpc) is 3.92. The van der Waals surface area contributed by atoms with E-state index >= 15 is 0 Å². The standard InChI is InChI=1S/C51H30N6/c1-3-14-31(15-4-1)49-52-50(32-16-5-2-6-17-32)54-51(53-49)33-18-11-19-34(30-33)55-41-25-13-26-42-45(41)46-43(55)29-28-38-36-21-8-10-24-40(36)57(48(38)46)44-27-12-22-37-35-20-7-9-23-39(35)56(42)47(37)44/h1-30H. The molecule has 6 nitrogen and oxygen atoms in total. The molecular weight excluding hydrogens is 697 g/mol. The Balaban J connectivity index is 1.17. The van der Waals surface area contributed by atoms with E-state index in [0.717, 1.165) is 33.4 Å². The SMILES string of the molecule is c1ccc(-c2nc(-c3ccccc3)nc(-c3cccc(-n4c5cccc6c5c5c4ccc4c7ccccc7n(c7cccc8c9ccccc9n6c87)c45)c3)n2)cc1. The highest BCUT2D eigenvalue weighted by molar-refractivity contribution is 6.31. The lowest BCUT2D eigenvalue weighted by atomic mass is 10.1. The molecule has 5 aromatic heterocycles. The van der Waals surface area contributed by atoms with E-state index in [1.807, 2.05) is 60.7 Å². The third-order valence-electron chi connectivity index (χ3n) is 11.8. The van der Waals surface area contributed by atoms with Crippen LogP contribution in [0.15, 0.2) is 182 Å². The second-order valence-corrected chi connectivity index (χ2v) is 14.8. The fraction of sp³-hybridized carbons (Fsp3) is 0. The zero-order valence-corrected chi connectivity index (χ0v) is 30.5. The van der Waals surface area contributed by atoms with Gasteiger partial charge in [-0.15, -0.1) is 0 Å². The third-order valence-corrected chi connectivity index (χ3v) is 11.8. The number of rotatable bonds is 4. The van der Waals surface area contributed by atoms with Crippen molar-refractivity contribution in [2.45, 2.75) is 0 Å². The second kappa shape index (κ2) is 11.4. The molecule has 6 heteroatoms. The number of hydrogen-bond donors (Lipinski definition) is 0. The number of nitrogens with zero attached hydrogens (tertiary/aromatic N) is 6. The maximum absolute atomic E-state index is 5.09. The summed E-state index contributed by atoms with van der Waals surface area (Å²) < 4.78 is 7.44. The van der Waals surface area contributed by atoms with E-state index in [1.165, 1.54) is 65.4 Å². The van der Waals surface area contributed by atoms with Crippen LogP contribution in [-0.2, 0) is 0 Å². The van der Waals surface area contributed by atoms with E-state index in [9.17, 15) is 0 Å². The molecule has 0 aliphatic carbocycles. The zero-order valence-electron chi connectivity index (χ0n) is 30.5. The Morgan fingerprint density at radius 1 is 0.298 bits per heavy atom. The van der Waals surface area contributed by atoms with Gasteiger partial charge in [-0.25, -0.2) is 15.0 Å². The van der Waals surface area contributed by atoms with Gasteiger partial charge >= 0.3 is 0 Å². The molecule has 0 amide bonds.